The highest BCUT2D eigenvalue weighted by Gasteiger charge is 2.19. The van der Waals surface area contributed by atoms with Crippen molar-refractivity contribution in [3.63, 3.8) is 0 Å². The van der Waals surface area contributed by atoms with Gasteiger partial charge in [-0.2, -0.15) is 0 Å². The van der Waals surface area contributed by atoms with Gasteiger partial charge in [0.25, 0.3) is 21.8 Å². The van der Waals surface area contributed by atoms with E-state index in [0.29, 0.717) is 28.1 Å². The zero-order valence-corrected chi connectivity index (χ0v) is 22.2. The van der Waals surface area contributed by atoms with Crippen LogP contribution in [0.2, 0.25) is 0 Å². The zero-order chi connectivity index (χ0) is 27.3. The average Bonchev–Trinajstić information content (AvgIpc) is 2.90. The predicted octanol–water partition coefficient (Wildman–Crippen LogP) is 5.85. The molecular formula is C30H29N3O4S. The minimum absolute atomic E-state index is 0.154. The van der Waals surface area contributed by atoms with E-state index in [-0.39, 0.29) is 16.8 Å². The van der Waals surface area contributed by atoms with Crippen LogP contribution in [0.25, 0.3) is 0 Å². The Morgan fingerprint density at radius 1 is 0.737 bits per heavy atom. The van der Waals surface area contributed by atoms with Gasteiger partial charge in [-0.05, 0) is 74.4 Å². The number of carbonyl (C=O) groups is 2. The van der Waals surface area contributed by atoms with Crippen LogP contribution in [0.4, 0.5) is 11.4 Å². The lowest BCUT2D eigenvalue weighted by molar-refractivity contribution is 0.0940. The van der Waals surface area contributed by atoms with E-state index in [1.807, 2.05) is 44.2 Å². The monoisotopic (exact) mass is 527 g/mol. The minimum Gasteiger partial charge on any atom is -0.345 e. The highest BCUT2D eigenvalue weighted by molar-refractivity contribution is 7.92. The number of amides is 2. The smallest absolute Gasteiger partial charge is 0.261 e. The molecule has 4 rings (SSSR count). The van der Waals surface area contributed by atoms with Gasteiger partial charge in [0.05, 0.1) is 27.9 Å². The molecule has 0 spiro atoms. The summed E-state index contributed by atoms with van der Waals surface area (Å²) in [5, 5.41) is 5.77. The number of para-hydroxylation sites is 1. The van der Waals surface area contributed by atoms with Crippen LogP contribution in [-0.2, 0) is 10.0 Å². The van der Waals surface area contributed by atoms with Crippen molar-refractivity contribution in [2.75, 3.05) is 10.0 Å². The quantitative estimate of drug-likeness (QED) is 0.267. The second-order valence-electron chi connectivity index (χ2n) is 9.05. The van der Waals surface area contributed by atoms with Gasteiger partial charge in [-0.3, -0.25) is 14.3 Å². The van der Waals surface area contributed by atoms with Gasteiger partial charge in [0, 0.05) is 5.56 Å². The molecular weight excluding hydrogens is 498 g/mol. The third-order valence-corrected chi connectivity index (χ3v) is 7.51. The standard InChI is InChI=1S/C30H29N3O4S/c1-20-13-16-25(17-14-20)38(36,37)33-27-18-15-24(19-21(27)2)29(34)32-28-12-8-7-11-26(28)30(35)31-22(3)23-9-5-4-6-10-23/h4-19,22,33H,1-3H3,(H,31,35)(H,32,34)/t22-/m1/s1. The fourth-order valence-electron chi connectivity index (χ4n) is 3.92. The molecule has 38 heavy (non-hydrogen) atoms. The molecule has 194 valence electrons. The van der Waals surface area contributed by atoms with Crippen molar-refractivity contribution in [1.82, 2.24) is 5.32 Å². The summed E-state index contributed by atoms with van der Waals surface area (Å²) in [6.07, 6.45) is 0. The van der Waals surface area contributed by atoms with Gasteiger partial charge in [0.1, 0.15) is 0 Å². The SMILES string of the molecule is Cc1ccc(S(=O)(=O)Nc2ccc(C(=O)Nc3ccccc3C(=O)N[C@H](C)c3ccccc3)cc2C)cc1. The number of anilines is 2. The van der Waals surface area contributed by atoms with E-state index in [1.54, 1.807) is 67.6 Å². The lowest BCUT2D eigenvalue weighted by Crippen LogP contribution is -2.28. The Morgan fingerprint density at radius 3 is 2.08 bits per heavy atom. The molecule has 0 saturated carbocycles. The molecule has 4 aromatic carbocycles. The number of benzene rings is 4. The molecule has 0 aliphatic heterocycles. The van der Waals surface area contributed by atoms with Gasteiger partial charge < -0.3 is 10.6 Å². The topological polar surface area (TPSA) is 104 Å². The Labute approximate surface area is 223 Å². The number of nitrogens with one attached hydrogen (secondary N) is 3. The molecule has 0 heterocycles. The fraction of sp³-hybridized carbons (Fsp3) is 0.133. The van der Waals surface area contributed by atoms with Crippen molar-refractivity contribution in [3.8, 4) is 0 Å². The first-order chi connectivity index (χ1) is 18.1. The highest BCUT2D eigenvalue weighted by atomic mass is 32.2. The summed E-state index contributed by atoms with van der Waals surface area (Å²) < 4.78 is 28.1. The first-order valence-electron chi connectivity index (χ1n) is 12.1. The molecule has 0 aromatic heterocycles. The molecule has 0 unspecified atom stereocenters. The van der Waals surface area contributed by atoms with E-state index in [4.69, 9.17) is 0 Å². The van der Waals surface area contributed by atoms with Crippen molar-refractivity contribution in [1.29, 1.82) is 0 Å². The van der Waals surface area contributed by atoms with Gasteiger partial charge in [0.2, 0.25) is 0 Å². The maximum absolute atomic E-state index is 13.1. The van der Waals surface area contributed by atoms with Crippen LogP contribution in [0, 0.1) is 13.8 Å². The third kappa shape index (κ3) is 6.27. The largest absolute Gasteiger partial charge is 0.345 e. The molecule has 0 aliphatic carbocycles. The number of aryl methyl sites for hydroxylation is 2. The van der Waals surface area contributed by atoms with Crippen molar-refractivity contribution >= 4 is 33.2 Å². The first kappa shape index (κ1) is 26.6. The van der Waals surface area contributed by atoms with E-state index < -0.39 is 15.9 Å². The molecule has 7 nitrogen and oxygen atoms in total. The van der Waals surface area contributed by atoms with Crippen LogP contribution in [0.5, 0.6) is 0 Å². The molecule has 4 aromatic rings. The van der Waals surface area contributed by atoms with Crippen LogP contribution in [-0.4, -0.2) is 20.2 Å². The molecule has 0 bridgehead atoms. The second kappa shape index (κ2) is 11.3. The van der Waals surface area contributed by atoms with E-state index in [2.05, 4.69) is 15.4 Å². The molecule has 8 heteroatoms. The van der Waals surface area contributed by atoms with Crippen molar-refractivity contribution in [3.05, 3.63) is 125 Å². The summed E-state index contributed by atoms with van der Waals surface area (Å²) in [4.78, 5) is 26.2. The van der Waals surface area contributed by atoms with Crippen LogP contribution in [0.3, 0.4) is 0 Å². The average molecular weight is 528 g/mol. The van der Waals surface area contributed by atoms with Crippen molar-refractivity contribution < 1.29 is 18.0 Å². The van der Waals surface area contributed by atoms with Gasteiger partial charge in [-0.25, -0.2) is 8.42 Å². The zero-order valence-electron chi connectivity index (χ0n) is 21.4. The highest BCUT2D eigenvalue weighted by Crippen LogP contribution is 2.23. The molecule has 2 amide bonds. The van der Waals surface area contributed by atoms with E-state index in [1.165, 1.54) is 6.07 Å². The van der Waals surface area contributed by atoms with Crippen LogP contribution in [0.15, 0.2) is 102 Å². The van der Waals surface area contributed by atoms with E-state index in [9.17, 15) is 18.0 Å². The predicted molar refractivity (Wildman–Crippen MR) is 150 cm³/mol. The summed E-state index contributed by atoms with van der Waals surface area (Å²) in [7, 11) is -3.77. The molecule has 0 aliphatic rings. The van der Waals surface area contributed by atoms with Gasteiger partial charge in [-0.15, -0.1) is 0 Å². The lowest BCUT2D eigenvalue weighted by Gasteiger charge is -2.17. The summed E-state index contributed by atoms with van der Waals surface area (Å²) in [5.74, 6) is -0.730. The summed E-state index contributed by atoms with van der Waals surface area (Å²) >= 11 is 0. The van der Waals surface area contributed by atoms with E-state index >= 15 is 0 Å². The second-order valence-corrected chi connectivity index (χ2v) is 10.7. The Kier molecular flexibility index (Phi) is 7.93. The molecule has 3 N–H and O–H groups in total. The summed E-state index contributed by atoms with van der Waals surface area (Å²) in [5.41, 5.74) is 3.91. The Bertz CT molecular complexity index is 1570. The Balaban J connectivity index is 1.48. The number of rotatable bonds is 8. The number of hydrogen-bond donors (Lipinski definition) is 3. The summed E-state index contributed by atoms with van der Waals surface area (Å²) in [6, 6.07) is 27.4. The lowest BCUT2D eigenvalue weighted by atomic mass is 10.1. The third-order valence-electron chi connectivity index (χ3n) is 6.13. The molecule has 0 saturated heterocycles. The van der Waals surface area contributed by atoms with Gasteiger partial charge in [-0.1, -0.05) is 60.2 Å². The first-order valence-corrected chi connectivity index (χ1v) is 13.6. The fourth-order valence-corrected chi connectivity index (χ4v) is 5.06. The Hall–Kier alpha value is -4.43. The maximum Gasteiger partial charge on any atom is 0.261 e. The normalized spacial score (nSPS) is 11.9. The Morgan fingerprint density at radius 2 is 1.39 bits per heavy atom. The van der Waals surface area contributed by atoms with Gasteiger partial charge >= 0.3 is 0 Å². The van der Waals surface area contributed by atoms with E-state index in [0.717, 1.165) is 11.1 Å². The van der Waals surface area contributed by atoms with Crippen molar-refractivity contribution in [2.24, 2.45) is 0 Å². The van der Waals surface area contributed by atoms with Crippen LogP contribution < -0.4 is 15.4 Å². The van der Waals surface area contributed by atoms with Crippen molar-refractivity contribution in [2.45, 2.75) is 31.7 Å². The number of hydrogen-bond acceptors (Lipinski definition) is 4. The van der Waals surface area contributed by atoms with Crippen LogP contribution >= 0.6 is 0 Å². The molecule has 0 fully saturated rings. The number of sulfonamides is 1. The minimum atomic E-state index is -3.77. The molecule has 1 atom stereocenters. The molecule has 0 radical (unpaired) electrons. The van der Waals surface area contributed by atoms with Gasteiger partial charge in [0.15, 0.2) is 0 Å². The maximum atomic E-state index is 13.1. The number of carbonyl (C=O) groups excluding carboxylic acids is 2. The van der Waals surface area contributed by atoms with Crippen LogP contribution in [0.1, 0.15) is 50.4 Å². The summed E-state index contributed by atoms with van der Waals surface area (Å²) in [6.45, 7) is 5.50.